The fourth-order valence-electron chi connectivity index (χ4n) is 2.38. The molecule has 3 aromatic rings. The van der Waals surface area contributed by atoms with E-state index in [2.05, 4.69) is 10.1 Å². The lowest BCUT2D eigenvalue weighted by atomic mass is 10.1. The van der Waals surface area contributed by atoms with Crippen molar-refractivity contribution >= 4 is 17.0 Å². The van der Waals surface area contributed by atoms with Gasteiger partial charge < -0.3 is 9.67 Å². The number of aromatic carboxylic acids is 1. The van der Waals surface area contributed by atoms with Crippen molar-refractivity contribution in [3.05, 3.63) is 36.3 Å². The Hall–Kier alpha value is -2.63. The van der Waals surface area contributed by atoms with Crippen molar-refractivity contribution in [3.8, 4) is 11.3 Å². The first-order valence-corrected chi connectivity index (χ1v) is 6.71. The van der Waals surface area contributed by atoms with Crippen molar-refractivity contribution in [3.63, 3.8) is 0 Å². The summed E-state index contributed by atoms with van der Waals surface area (Å²) in [6.45, 7) is 3.82. The maximum atomic E-state index is 11.3. The maximum Gasteiger partial charge on any atom is 0.354 e. The summed E-state index contributed by atoms with van der Waals surface area (Å²) in [5, 5.41) is 13.7. The van der Waals surface area contributed by atoms with Crippen molar-refractivity contribution in [1.82, 2.24) is 19.3 Å². The van der Waals surface area contributed by atoms with Crippen molar-refractivity contribution in [1.29, 1.82) is 0 Å². The molecule has 0 aliphatic rings. The Balaban J connectivity index is 2.13. The van der Waals surface area contributed by atoms with Gasteiger partial charge in [0.2, 0.25) is 0 Å². The number of benzene rings is 1. The summed E-state index contributed by atoms with van der Waals surface area (Å²) in [6.07, 6.45) is 1.75. The molecule has 0 aliphatic carbocycles. The number of nitrogens with zero attached hydrogens (tertiary/aromatic N) is 4. The summed E-state index contributed by atoms with van der Waals surface area (Å²) in [7, 11) is 1.94. The van der Waals surface area contributed by atoms with Crippen LogP contribution in [0.1, 0.15) is 30.4 Å². The lowest BCUT2D eigenvalue weighted by molar-refractivity contribution is 0.0681. The van der Waals surface area contributed by atoms with Gasteiger partial charge in [-0.15, -0.1) is 0 Å². The van der Waals surface area contributed by atoms with Crippen LogP contribution in [0.2, 0.25) is 0 Å². The first-order valence-electron chi connectivity index (χ1n) is 6.71. The van der Waals surface area contributed by atoms with Gasteiger partial charge in [-0.05, 0) is 32.0 Å². The highest BCUT2D eigenvalue weighted by atomic mass is 16.4. The van der Waals surface area contributed by atoms with Crippen molar-refractivity contribution in [2.24, 2.45) is 7.05 Å². The van der Waals surface area contributed by atoms with Crippen LogP contribution in [0.15, 0.2) is 30.6 Å². The predicted octanol–water partition coefficient (Wildman–Crippen LogP) is 2.72. The third-order valence-corrected chi connectivity index (χ3v) is 3.47. The van der Waals surface area contributed by atoms with Gasteiger partial charge in [0, 0.05) is 18.7 Å². The van der Waals surface area contributed by atoms with Gasteiger partial charge in [-0.3, -0.25) is 4.68 Å². The van der Waals surface area contributed by atoms with Crippen LogP contribution in [0.25, 0.3) is 22.3 Å². The standard InChI is InChI=1S/C15H16N4O2/c1-9(2)19-14(15(20)21)7-11(17-19)10-4-5-13-12(6-10)16-8-18(13)3/h4-9H,1-3H3,(H,20,21). The second kappa shape index (κ2) is 4.73. The summed E-state index contributed by atoms with van der Waals surface area (Å²) in [5.41, 5.74) is 3.60. The molecule has 0 fully saturated rings. The van der Waals surface area contributed by atoms with Crippen LogP contribution in [-0.4, -0.2) is 30.4 Å². The van der Waals surface area contributed by atoms with Gasteiger partial charge in [0.05, 0.1) is 23.1 Å². The van der Waals surface area contributed by atoms with Gasteiger partial charge in [0.15, 0.2) is 0 Å². The van der Waals surface area contributed by atoms with Crippen LogP contribution in [0.5, 0.6) is 0 Å². The molecule has 21 heavy (non-hydrogen) atoms. The number of carboxylic acid groups (broad SMARTS) is 1. The molecular weight excluding hydrogens is 268 g/mol. The average molecular weight is 284 g/mol. The number of aryl methyl sites for hydroxylation is 1. The second-order valence-corrected chi connectivity index (χ2v) is 5.32. The van der Waals surface area contributed by atoms with Crippen LogP contribution < -0.4 is 0 Å². The SMILES string of the molecule is CC(C)n1nc(-c2ccc3c(c2)ncn3C)cc1C(=O)O. The lowest BCUT2D eigenvalue weighted by Gasteiger charge is -2.07. The summed E-state index contributed by atoms with van der Waals surface area (Å²) < 4.78 is 3.47. The number of hydrogen-bond acceptors (Lipinski definition) is 3. The highest BCUT2D eigenvalue weighted by Crippen LogP contribution is 2.24. The van der Waals surface area contributed by atoms with Gasteiger partial charge in [0.1, 0.15) is 5.69 Å². The molecule has 0 amide bonds. The van der Waals surface area contributed by atoms with Gasteiger partial charge in [-0.2, -0.15) is 5.10 Å². The number of aromatic nitrogens is 4. The molecule has 0 saturated heterocycles. The quantitative estimate of drug-likeness (QED) is 0.802. The maximum absolute atomic E-state index is 11.3. The molecule has 0 spiro atoms. The van der Waals surface area contributed by atoms with E-state index in [1.54, 1.807) is 12.4 Å². The predicted molar refractivity (Wildman–Crippen MR) is 79.3 cm³/mol. The molecule has 0 saturated carbocycles. The molecule has 2 heterocycles. The molecule has 2 aromatic heterocycles. The Bertz CT molecular complexity index is 829. The van der Waals surface area contributed by atoms with E-state index in [0.29, 0.717) is 5.69 Å². The number of rotatable bonds is 3. The van der Waals surface area contributed by atoms with E-state index in [4.69, 9.17) is 0 Å². The Morgan fingerprint density at radius 3 is 2.67 bits per heavy atom. The van der Waals surface area contributed by atoms with Crippen LogP contribution in [0.4, 0.5) is 0 Å². The van der Waals surface area contributed by atoms with E-state index in [1.165, 1.54) is 4.68 Å². The van der Waals surface area contributed by atoms with Crippen molar-refractivity contribution in [2.45, 2.75) is 19.9 Å². The van der Waals surface area contributed by atoms with Crippen LogP contribution in [-0.2, 0) is 7.05 Å². The van der Waals surface area contributed by atoms with Gasteiger partial charge in [-0.25, -0.2) is 9.78 Å². The molecule has 6 heteroatoms. The monoisotopic (exact) mass is 284 g/mol. The zero-order valence-electron chi connectivity index (χ0n) is 12.1. The molecule has 0 radical (unpaired) electrons. The van der Waals surface area contributed by atoms with Crippen LogP contribution in [0, 0.1) is 0 Å². The van der Waals surface area contributed by atoms with E-state index >= 15 is 0 Å². The Morgan fingerprint density at radius 2 is 2.05 bits per heavy atom. The minimum Gasteiger partial charge on any atom is -0.477 e. The number of fused-ring (bicyclic) bond motifs is 1. The first-order chi connectivity index (χ1) is 9.97. The highest BCUT2D eigenvalue weighted by Gasteiger charge is 2.17. The topological polar surface area (TPSA) is 72.9 Å². The van der Waals surface area contributed by atoms with Gasteiger partial charge >= 0.3 is 5.97 Å². The molecular formula is C15H16N4O2. The number of carboxylic acids is 1. The van der Waals surface area contributed by atoms with E-state index in [9.17, 15) is 9.90 Å². The minimum absolute atomic E-state index is 0.0107. The summed E-state index contributed by atoms with van der Waals surface area (Å²) in [5.74, 6) is -0.971. The third kappa shape index (κ3) is 2.18. The summed E-state index contributed by atoms with van der Waals surface area (Å²) in [4.78, 5) is 15.6. The highest BCUT2D eigenvalue weighted by molar-refractivity contribution is 5.88. The van der Waals surface area contributed by atoms with E-state index in [-0.39, 0.29) is 11.7 Å². The van der Waals surface area contributed by atoms with Gasteiger partial charge in [0.25, 0.3) is 0 Å². The second-order valence-electron chi connectivity index (χ2n) is 5.32. The lowest BCUT2D eigenvalue weighted by Crippen LogP contribution is -2.11. The molecule has 6 nitrogen and oxygen atoms in total. The minimum atomic E-state index is -0.971. The molecule has 0 aliphatic heterocycles. The molecule has 0 unspecified atom stereocenters. The molecule has 108 valence electrons. The Labute approximate surface area is 121 Å². The summed E-state index contributed by atoms with van der Waals surface area (Å²) >= 11 is 0. The largest absolute Gasteiger partial charge is 0.477 e. The van der Waals surface area contributed by atoms with E-state index in [0.717, 1.165) is 16.6 Å². The number of imidazole rings is 1. The molecule has 3 rings (SSSR count). The number of hydrogen-bond donors (Lipinski definition) is 1. The van der Waals surface area contributed by atoms with Crippen molar-refractivity contribution in [2.75, 3.05) is 0 Å². The zero-order chi connectivity index (χ0) is 15.1. The Morgan fingerprint density at radius 1 is 1.29 bits per heavy atom. The van der Waals surface area contributed by atoms with E-state index in [1.807, 2.05) is 43.7 Å². The fourth-order valence-corrected chi connectivity index (χ4v) is 2.38. The fraction of sp³-hybridized carbons (Fsp3) is 0.267. The third-order valence-electron chi connectivity index (χ3n) is 3.47. The van der Waals surface area contributed by atoms with Gasteiger partial charge in [-0.1, -0.05) is 6.07 Å². The Kier molecular flexibility index (Phi) is 3.01. The van der Waals surface area contributed by atoms with Crippen LogP contribution >= 0.6 is 0 Å². The summed E-state index contributed by atoms with van der Waals surface area (Å²) in [6, 6.07) is 7.42. The molecule has 0 bridgehead atoms. The normalized spacial score (nSPS) is 11.4. The first kappa shape index (κ1) is 13.4. The zero-order valence-corrected chi connectivity index (χ0v) is 12.1. The smallest absolute Gasteiger partial charge is 0.354 e. The molecule has 1 aromatic carbocycles. The average Bonchev–Trinajstić information content (AvgIpc) is 3.03. The van der Waals surface area contributed by atoms with Crippen LogP contribution in [0.3, 0.4) is 0 Å². The van der Waals surface area contributed by atoms with Crippen molar-refractivity contribution < 1.29 is 9.90 Å². The number of carbonyl (C=O) groups is 1. The molecule has 0 atom stereocenters. The van der Waals surface area contributed by atoms with E-state index < -0.39 is 5.97 Å². The molecule has 1 N–H and O–H groups in total.